The predicted octanol–water partition coefficient (Wildman–Crippen LogP) is 1.68. The monoisotopic (exact) mass is 216 g/mol. The Kier molecular flexibility index (Phi) is 5.65. The molecule has 0 heterocycles. The molecule has 1 saturated carbocycles. The number of ether oxygens (including phenoxy) is 2. The van der Waals surface area contributed by atoms with Crippen LogP contribution in [-0.4, -0.2) is 37.5 Å². The molecule has 4 nitrogen and oxygen atoms in total. The third kappa shape index (κ3) is 4.18. The molecular weight excluding hydrogens is 196 g/mol. The van der Waals surface area contributed by atoms with E-state index in [0.29, 0.717) is 13.2 Å². The first-order valence-corrected chi connectivity index (χ1v) is 5.59. The fourth-order valence-corrected chi connectivity index (χ4v) is 2.02. The van der Waals surface area contributed by atoms with Crippen molar-refractivity contribution in [2.24, 2.45) is 5.92 Å². The molecule has 2 atom stereocenters. The van der Waals surface area contributed by atoms with E-state index in [9.17, 15) is 4.79 Å². The Morgan fingerprint density at radius 3 is 2.73 bits per heavy atom. The highest BCUT2D eigenvalue weighted by molar-refractivity contribution is 5.70. The molecule has 2 unspecified atom stereocenters. The van der Waals surface area contributed by atoms with E-state index in [1.54, 1.807) is 7.11 Å². The zero-order valence-electron chi connectivity index (χ0n) is 9.28. The lowest BCUT2D eigenvalue weighted by Crippen LogP contribution is -2.33. The van der Waals surface area contributed by atoms with Crippen LogP contribution in [0.2, 0.25) is 0 Å². The molecule has 15 heavy (non-hydrogen) atoms. The summed E-state index contributed by atoms with van der Waals surface area (Å²) in [6.07, 6.45) is 4.47. The van der Waals surface area contributed by atoms with Crippen molar-refractivity contribution in [1.29, 1.82) is 0 Å². The average molecular weight is 216 g/mol. The standard InChI is InChI=1S/C11H20O4/c1-14-7-4-8-15-10-6-3-2-5-9(10)11(12)13/h9-10H,2-8H2,1H3,(H,12,13). The Bertz CT molecular complexity index is 193. The number of carbonyl (C=O) groups is 1. The number of hydrogen-bond donors (Lipinski definition) is 1. The lowest BCUT2D eigenvalue weighted by atomic mass is 9.86. The summed E-state index contributed by atoms with van der Waals surface area (Å²) in [6, 6.07) is 0. The van der Waals surface area contributed by atoms with Crippen molar-refractivity contribution in [3.8, 4) is 0 Å². The summed E-state index contributed by atoms with van der Waals surface area (Å²) >= 11 is 0. The van der Waals surface area contributed by atoms with E-state index in [-0.39, 0.29) is 12.0 Å². The van der Waals surface area contributed by atoms with E-state index in [1.165, 1.54) is 0 Å². The molecule has 0 aromatic rings. The first kappa shape index (κ1) is 12.5. The fraction of sp³-hybridized carbons (Fsp3) is 0.909. The number of aliphatic carboxylic acids is 1. The van der Waals surface area contributed by atoms with Crippen LogP contribution in [0.1, 0.15) is 32.1 Å². The first-order valence-electron chi connectivity index (χ1n) is 5.59. The van der Waals surface area contributed by atoms with Gasteiger partial charge in [0.2, 0.25) is 0 Å². The molecule has 4 heteroatoms. The molecule has 0 radical (unpaired) electrons. The van der Waals surface area contributed by atoms with Crippen LogP contribution >= 0.6 is 0 Å². The minimum Gasteiger partial charge on any atom is -0.481 e. The Morgan fingerprint density at radius 1 is 1.33 bits per heavy atom. The van der Waals surface area contributed by atoms with Crippen molar-refractivity contribution in [1.82, 2.24) is 0 Å². The quantitative estimate of drug-likeness (QED) is 0.686. The Balaban J connectivity index is 2.26. The highest BCUT2D eigenvalue weighted by Gasteiger charge is 2.31. The zero-order valence-corrected chi connectivity index (χ0v) is 9.28. The third-order valence-corrected chi connectivity index (χ3v) is 2.84. The summed E-state index contributed by atoms with van der Waals surface area (Å²) in [5.41, 5.74) is 0. The van der Waals surface area contributed by atoms with Gasteiger partial charge >= 0.3 is 5.97 Å². The highest BCUT2D eigenvalue weighted by Crippen LogP contribution is 2.27. The topological polar surface area (TPSA) is 55.8 Å². The van der Waals surface area contributed by atoms with E-state index in [0.717, 1.165) is 32.1 Å². The van der Waals surface area contributed by atoms with Gasteiger partial charge in [-0.2, -0.15) is 0 Å². The molecule has 0 saturated heterocycles. The fourth-order valence-electron chi connectivity index (χ4n) is 2.02. The van der Waals surface area contributed by atoms with Gasteiger partial charge in [-0.3, -0.25) is 4.79 Å². The minimum absolute atomic E-state index is 0.0897. The maximum Gasteiger partial charge on any atom is 0.309 e. The summed E-state index contributed by atoms with van der Waals surface area (Å²) in [7, 11) is 1.65. The smallest absolute Gasteiger partial charge is 0.309 e. The van der Waals surface area contributed by atoms with Gasteiger partial charge in [-0.05, 0) is 19.3 Å². The maximum absolute atomic E-state index is 10.9. The molecule has 0 aliphatic heterocycles. The van der Waals surface area contributed by atoms with Crippen LogP contribution in [0.15, 0.2) is 0 Å². The second-order valence-electron chi connectivity index (χ2n) is 3.98. The summed E-state index contributed by atoms with van der Waals surface area (Å²) in [6.45, 7) is 1.27. The molecule has 1 aliphatic rings. The minimum atomic E-state index is -0.716. The summed E-state index contributed by atoms with van der Waals surface area (Å²) in [5, 5.41) is 9.01. The van der Waals surface area contributed by atoms with Crippen LogP contribution in [0.25, 0.3) is 0 Å². The second-order valence-corrected chi connectivity index (χ2v) is 3.98. The van der Waals surface area contributed by atoms with Crippen molar-refractivity contribution in [2.45, 2.75) is 38.2 Å². The van der Waals surface area contributed by atoms with Gasteiger partial charge in [0.1, 0.15) is 0 Å². The van der Waals surface area contributed by atoms with Crippen molar-refractivity contribution in [3.63, 3.8) is 0 Å². The molecule has 0 spiro atoms. The SMILES string of the molecule is COCCCOC1CCCCC1C(=O)O. The first-order chi connectivity index (χ1) is 7.25. The summed E-state index contributed by atoms with van der Waals surface area (Å²) in [5.74, 6) is -1.02. The van der Waals surface area contributed by atoms with Crippen molar-refractivity contribution in [3.05, 3.63) is 0 Å². The average Bonchev–Trinajstić information content (AvgIpc) is 2.25. The Hall–Kier alpha value is -0.610. The Morgan fingerprint density at radius 2 is 2.07 bits per heavy atom. The van der Waals surface area contributed by atoms with Gasteiger partial charge in [-0.25, -0.2) is 0 Å². The molecule has 0 amide bonds. The van der Waals surface area contributed by atoms with Crippen LogP contribution in [0.5, 0.6) is 0 Å². The van der Waals surface area contributed by atoms with Crippen molar-refractivity contribution < 1.29 is 19.4 Å². The van der Waals surface area contributed by atoms with Gasteiger partial charge in [0.25, 0.3) is 0 Å². The van der Waals surface area contributed by atoms with E-state index < -0.39 is 5.97 Å². The summed E-state index contributed by atoms with van der Waals surface area (Å²) < 4.78 is 10.5. The molecular formula is C11H20O4. The van der Waals surface area contributed by atoms with E-state index in [4.69, 9.17) is 14.6 Å². The number of hydrogen-bond acceptors (Lipinski definition) is 3. The highest BCUT2D eigenvalue weighted by atomic mass is 16.5. The van der Waals surface area contributed by atoms with Crippen molar-refractivity contribution >= 4 is 5.97 Å². The molecule has 0 aromatic heterocycles. The number of methoxy groups -OCH3 is 1. The predicted molar refractivity (Wildman–Crippen MR) is 55.8 cm³/mol. The number of carboxylic acids is 1. The van der Waals surface area contributed by atoms with Crippen LogP contribution in [0.4, 0.5) is 0 Å². The van der Waals surface area contributed by atoms with E-state index in [2.05, 4.69) is 0 Å². The van der Waals surface area contributed by atoms with Gasteiger partial charge in [-0.15, -0.1) is 0 Å². The maximum atomic E-state index is 10.9. The molecule has 0 bridgehead atoms. The molecule has 1 fully saturated rings. The lowest BCUT2D eigenvalue weighted by molar-refractivity contribution is -0.149. The number of carboxylic acid groups (broad SMARTS) is 1. The van der Waals surface area contributed by atoms with Crippen LogP contribution in [0.3, 0.4) is 0 Å². The number of rotatable bonds is 6. The molecule has 0 aromatic carbocycles. The van der Waals surface area contributed by atoms with Crippen LogP contribution in [-0.2, 0) is 14.3 Å². The van der Waals surface area contributed by atoms with Crippen LogP contribution in [0, 0.1) is 5.92 Å². The molecule has 1 N–H and O–H groups in total. The Labute approximate surface area is 90.6 Å². The normalized spacial score (nSPS) is 26.5. The second kappa shape index (κ2) is 6.80. The van der Waals surface area contributed by atoms with Gasteiger partial charge in [0.05, 0.1) is 12.0 Å². The summed E-state index contributed by atoms with van der Waals surface area (Å²) in [4.78, 5) is 10.9. The largest absolute Gasteiger partial charge is 0.481 e. The van der Waals surface area contributed by atoms with Gasteiger partial charge in [0.15, 0.2) is 0 Å². The molecule has 1 rings (SSSR count). The van der Waals surface area contributed by atoms with Gasteiger partial charge in [-0.1, -0.05) is 12.8 Å². The zero-order chi connectivity index (χ0) is 11.1. The van der Waals surface area contributed by atoms with Crippen LogP contribution < -0.4 is 0 Å². The molecule has 1 aliphatic carbocycles. The third-order valence-electron chi connectivity index (χ3n) is 2.84. The van der Waals surface area contributed by atoms with Gasteiger partial charge in [0, 0.05) is 20.3 Å². The van der Waals surface area contributed by atoms with Crippen molar-refractivity contribution in [2.75, 3.05) is 20.3 Å². The van der Waals surface area contributed by atoms with E-state index >= 15 is 0 Å². The molecule has 88 valence electrons. The van der Waals surface area contributed by atoms with Gasteiger partial charge < -0.3 is 14.6 Å². The van der Waals surface area contributed by atoms with E-state index in [1.807, 2.05) is 0 Å². The lowest BCUT2D eigenvalue weighted by Gasteiger charge is -2.28.